The van der Waals surface area contributed by atoms with Crippen molar-refractivity contribution in [3.05, 3.63) is 34.9 Å². The fourth-order valence-corrected chi connectivity index (χ4v) is 3.18. The largest absolute Gasteiger partial charge is 0.444 e. The molecule has 0 radical (unpaired) electrons. The van der Waals surface area contributed by atoms with Gasteiger partial charge in [-0.3, -0.25) is 0 Å². The highest BCUT2D eigenvalue weighted by Crippen LogP contribution is 2.53. The van der Waals surface area contributed by atoms with Crippen LogP contribution in [0.4, 0.5) is 4.79 Å². The van der Waals surface area contributed by atoms with Crippen LogP contribution in [0.25, 0.3) is 0 Å². The molecule has 1 aromatic rings. The van der Waals surface area contributed by atoms with E-state index in [4.69, 9.17) is 21.1 Å². The van der Waals surface area contributed by atoms with Crippen LogP contribution in [0.2, 0.25) is 5.02 Å². The lowest BCUT2D eigenvalue weighted by molar-refractivity contribution is 0.0217. The Hall–Kier alpha value is -1.26. The Morgan fingerprint density at radius 2 is 2.14 bits per heavy atom. The van der Waals surface area contributed by atoms with Gasteiger partial charge in [-0.15, -0.1) is 0 Å². The summed E-state index contributed by atoms with van der Waals surface area (Å²) in [5.41, 5.74) is 0.246. The number of hydrogen-bond donors (Lipinski definition) is 0. The highest BCUT2D eigenvalue weighted by molar-refractivity contribution is 6.31. The first-order chi connectivity index (χ1) is 9.82. The molecule has 0 bridgehead atoms. The van der Waals surface area contributed by atoms with Gasteiger partial charge in [-0.2, -0.15) is 0 Å². The van der Waals surface area contributed by atoms with Gasteiger partial charge in [0.1, 0.15) is 17.3 Å². The van der Waals surface area contributed by atoms with Gasteiger partial charge in [0.2, 0.25) is 0 Å². The maximum Gasteiger partial charge on any atom is 0.410 e. The zero-order chi connectivity index (χ0) is 15.3. The van der Waals surface area contributed by atoms with E-state index < -0.39 is 5.60 Å². The SMILES string of the molecule is CC(C)(C)OC(=O)N1CC[C@@]2(c3ccccc3Cl)O[C@@H]2C1. The van der Waals surface area contributed by atoms with Gasteiger partial charge in [-0.05, 0) is 26.8 Å². The van der Waals surface area contributed by atoms with E-state index in [1.807, 2.05) is 45.0 Å². The predicted molar refractivity (Wildman–Crippen MR) is 80.4 cm³/mol. The monoisotopic (exact) mass is 309 g/mol. The lowest BCUT2D eigenvalue weighted by Crippen LogP contribution is -2.44. The number of amides is 1. The Kier molecular flexibility index (Phi) is 3.41. The first-order valence-corrected chi connectivity index (χ1v) is 7.60. The van der Waals surface area contributed by atoms with Crippen molar-refractivity contribution < 1.29 is 14.3 Å². The Bertz CT molecular complexity index is 569. The average molecular weight is 310 g/mol. The van der Waals surface area contributed by atoms with Crippen molar-refractivity contribution in [3.63, 3.8) is 0 Å². The quantitative estimate of drug-likeness (QED) is 0.745. The molecule has 0 N–H and O–H groups in total. The smallest absolute Gasteiger partial charge is 0.410 e. The minimum atomic E-state index is -0.473. The second kappa shape index (κ2) is 4.89. The molecule has 0 aromatic heterocycles. The maximum atomic E-state index is 12.1. The summed E-state index contributed by atoms with van der Waals surface area (Å²) in [5, 5.41) is 0.728. The fourth-order valence-electron chi connectivity index (χ4n) is 2.89. The van der Waals surface area contributed by atoms with Crippen LogP contribution in [0, 0.1) is 0 Å². The highest BCUT2D eigenvalue weighted by atomic mass is 35.5. The number of carbonyl (C=O) groups excluding carboxylic acids is 1. The van der Waals surface area contributed by atoms with Crippen molar-refractivity contribution in [3.8, 4) is 0 Å². The standard InChI is InChI=1S/C16H20ClNO3/c1-15(2,3)21-14(19)18-9-8-16(13(10-18)20-16)11-6-4-5-7-12(11)17/h4-7,13H,8-10H2,1-3H3/t13-,16+/m1/s1. The Morgan fingerprint density at radius 1 is 1.43 bits per heavy atom. The average Bonchev–Trinajstić information content (AvgIpc) is 3.11. The van der Waals surface area contributed by atoms with Crippen molar-refractivity contribution in [1.82, 2.24) is 4.90 Å². The normalized spacial score (nSPS) is 28.0. The zero-order valence-corrected chi connectivity index (χ0v) is 13.3. The molecule has 0 aliphatic carbocycles. The van der Waals surface area contributed by atoms with Crippen molar-refractivity contribution in [1.29, 1.82) is 0 Å². The molecule has 2 saturated heterocycles. The molecule has 1 aromatic carbocycles. The minimum Gasteiger partial charge on any atom is -0.444 e. The van der Waals surface area contributed by atoms with E-state index in [2.05, 4.69) is 0 Å². The van der Waals surface area contributed by atoms with Crippen molar-refractivity contribution in [2.45, 2.75) is 44.5 Å². The van der Waals surface area contributed by atoms with E-state index in [1.165, 1.54) is 0 Å². The summed E-state index contributed by atoms with van der Waals surface area (Å²) < 4.78 is 11.3. The third kappa shape index (κ3) is 2.74. The number of piperidine rings is 1. The minimum absolute atomic E-state index is 0.0127. The summed E-state index contributed by atoms with van der Waals surface area (Å²) in [4.78, 5) is 13.8. The van der Waals surface area contributed by atoms with Crippen LogP contribution in [0.1, 0.15) is 32.8 Å². The van der Waals surface area contributed by atoms with E-state index in [-0.39, 0.29) is 17.8 Å². The second-order valence-corrected chi connectivity index (χ2v) is 7.06. The maximum absolute atomic E-state index is 12.1. The predicted octanol–water partition coefficient (Wildman–Crippen LogP) is 3.57. The molecule has 5 heteroatoms. The van der Waals surface area contributed by atoms with Gasteiger partial charge in [-0.25, -0.2) is 4.79 Å². The van der Waals surface area contributed by atoms with Crippen molar-refractivity contribution in [2.75, 3.05) is 13.1 Å². The van der Waals surface area contributed by atoms with Crippen LogP contribution >= 0.6 is 11.6 Å². The van der Waals surface area contributed by atoms with Crippen LogP contribution in [0.3, 0.4) is 0 Å². The van der Waals surface area contributed by atoms with Crippen LogP contribution in [0.5, 0.6) is 0 Å². The van der Waals surface area contributed by atoms with E-state index >= 15 is 0 Å². The molecule has 2 heterocycles. The number of benzene rings is 1. The molecule has 4 nitrogen and oxygen atoms in total. The van der Waals surface area contributed by atoms with Gasteiger partial charge >= 0.3 is 6.09 Å². The van der Waals surface area contributed by atoms with Crippen LogP contribution in [-0.2, 0) is 15.1 Å². The number of halogens is 1. The third-order valence-electron chi connectivity index (χ3n) is 3.94. The van der Waals surface area contributed by atoms with Crippen LogP contribution in [-0.4, -0.2) is 35.8 Å². The molecule has 21 heavy (non-hydrogen) atoms. The van der Waals surface area contributed by atoms with Crippen LogP contribution in [0.15, 0.2) is 24.3 Å². The number of epoxide rings is 1. The summed E-state index contributed by atoms with van der Waals surface area (Å²) >= 11 is 6.27. The van der Waals surface area contributed by atoms with Crippen LogP contribution < -0.4 is 0 Å². The summed E-state index contributed by atoms with van der Waals surface area (Å²) in [7, 11) is 0. The molecule has 2 aliphatic heterocycles. The van der Waals surface area contributed by atoms with E-state index in [9.17, 15) is 4.79 Å². The molecule has 114 valence electrons. The number of likely N-dealkylation sites (tertiary alicyclic amines) is 1. The van der Waals surface area contributed by atoms with Crippen molar-refractivity contribution >= 4 is 17.7 Å². The first-order valence-electron chi connectivity index (χ1n) is 7.23. The molecular formula is C16H20ClNO3. The molecule has 0 saturated carbocycles. The summed E-state index contributed by atoms with van der Waals surface area (Å²) in [6.07, 6.45) is 0.491. The molecule has 3 rings (SSSR count). The first kappa shape index (κ1) is 14.7. The molecule has 0 spiro atoms. The Labute approximate surface area is 130 Å². The lowest BCUT2D eigenvalue weighted by atomic mass is 9.89. The van der Waals surface area contributed by atoms with E-state index in [1.54, 1.807) is 4.90 Å². The lowest BCUT2D eigenvalue weighted by Gasteiger charge is -2.31. The number of hydrogen-bond acceptors (Lipinski definition) is 3. The Morgan fingerprint density at radius 3 is 2.76 bits per heavy atom. The topological polar surface area (TPSA) is 42.1 Å². The van der Waals surface area contributed by atoms with Gasteiger partial charge in [0.15, 0.2) is 0 Å². The van der Waals surface area contributed by atoms with Gasteiger partial charge in [-0.1, -0.05) is 29.8 Å². The number of fused-ring (bicyclic) bond motifs is 1. The molecule has 2 atom stereocenters. The second-order valence-electron chi connectivity index (χ2n) is 6.65. The molecule has 2 fully saturated rings. The fraction of sp³-hybridized carbons (Fsp3) is 0.562. The van der Waals surface area contributed by atoms with E-state index in [0.29, 0.717) is 13.1 Å². The highest BCUT2D eigenvalue weighted by Gasteiger charge is 2.61. The molecule has 2 aliphatic rings. The summed E-state index contributed by atoms with van der Waals surface area (Å²) in [6, 6.07) is 7.76. The summed E-state index contributed by atoms with van der Waals surface area (Å²) in [5.74, 6) is 0. The Balaban J connectivity index is 1.69. The van der Waals surface area contributed by atoms with Gasteiger partial charge in [0.05, 0.1) is 6.54 Å². The number of ether oxygens (including phenoxy) is 2. The molecule has 1 amide bonds. The van der Waals surface area contributed by atoms with Gasteiger partial charge in [0.25, 0.3) is 0 Å². The van der Waals surface area contributed by atoms with Gasteiger partial charge in [0, 0.05) is 23.6 Å². The molecule has 0 unspecified atom stereocenters. The number of nitrogens with zero attached hydrogens (tertiary/aromatic N) is 1. The number of rotatable bonds is 1. The van der Waals surface area contributed by atoms with Gasteiger partial charge < -0.3 is 14.4 Å². The third-order valence-corrected chi connectivity index (χ3v) is 4.27. The van der Waals surface area contributed by atoms with E-state index in [0.717, 1.165) is 17.0 Å². The zero-order valence-electron chi connectivity index (χ0n) is 12.6. The van der Waals surface area contributed by atoms with Crippen molar-refractivity contribution in [2.24, 2.45) is 0 Å². The molecular weight excluding hydrogens is 290 g/mol. The number of carbonyl (C=O) groups is 1. The summed E-state index contributed by atoms with van der Waals surface area (Å²) in [6.45, 7) is 6.79.